The topological polar surface area (TPSA) is 74.3 Å². The lowest BCUT2D eigenvalue weighted by Crippen LogP contribution is -2.48. The van der Waals surface area contributed by atoms with E-state index in [-0.39, 0.29) is 10.9 Å². The Labute approximate surface area is 127 Å². The van der Waals surface area contributed by atoms with Crippen LogP contribution in [0.4, 0.5) is 5.82 Å². The predicted molar refractivity (Wildman–Crippen MR) is 83.8 cm³/mol. The van der Waals surface area contributed by atoms with Gasteiger partial charge in [0.25, 0.3) is 0 Å². The monoisotopic (exact) mass is 312 g/mol. The van der Waals surface area contributed by atoms with Crippen LogP contribution < -0.4 is 10.0 Å². The Kier molecular flexibility index (Phi) is 5.18. The molecular weight excluding hydrogens is 288 g/mol. The molecule has 118 valence electrons. The van der Waals surface area contributed by atoms with E-state index in [4.69, 9.17) is 0 Å². The van der Waals surface area contributed by atoms with Crippen LogP contribution in [0.1, 0.15) is 20.3 Å². The molecule has 0 aliphatic carbocycles. The van der Waals surface area contributed by atoms with E-state index in [1.165, 1.54) is 6.20 Å². The van der Waals surface area contributed by atoms with Gasteiger partial charge in [-0.25, -0.2) is 18.1 Å². The predicted octanol–water partition coefficient (Wildman–Crippen LogP) is 1.13. The molecule has 1 aromatic rings. The summed E-state index contributed by atoms with van der Waals surface area (Å²) in [5.41, 5.74) is 0. The molecule has 0 spiro atoms. The minimum atomic E-state index is -3.50. The highest BCUT2D eigenvalue weighted by atomic mass is 32.2. The van der Waals surface area contributed by atoms with Crippen LogP contribution in [-0.2, 0) is 10.0 Å². The zero-order valence-corrected chi connectivity index (χ0v) is 13.7. The normalized spacial score (nSPS) is 24.0. The van der Waals surface area contributed by atoms with Crippen molar-refractivity contribution in [2.75, 3.05) is 32.0 Å². The van der Waals surface area contributed by atoms with Crippen molar-refractivity contribution in [2.24, 2.45) is 5.92 Å². The number of nitrogens with zero attached hydrogens (tertiary/aromatic N) is 2. The van der Waals surface area contributed by atoms with Gasteiger partial charge in [0.2, 0.25) is 10.0 Å². The van der Waals surface area contributed by atoms with Crippen molar-refractivity contribution in [3.05, 3.63) is 18.3 Å². The largest absolute Gasteiger partial charge is 0.370 e. The molecule has 2 rings (SSSR count). The Morgan fingerprint density at radius 1 is 1.43 bits per heavy atom. The molecule has 2 atom stereocenters. The molecule has 0 saturated carbocycles. The van der Waals surface area contributed by atoms with Gasteiger partial charge in [0.1, 0.15) is 10.7 Å². The SMILES string of the molecule is CCNc1ccc(S(=O)(=O)NC2CCN(C)CC2C)cn1. The minimum absolute atomic E-state index is 0.0142. The summed E-state index contributed by atoms with van der Waals surface area (Å²) in [5, 5.41) is 3.05. The third-order valence-corrected chi connectivity index (χ3v) is 5.29. The molecule has 0 aromatic carbocycles. The van der Waals surface area contributed by atoms with Crippen molar-refractivity contribution in [1.29, 1.82) is 0 Å². The lowest BCUT2D eigenvalue weighted by Gasteiger charge is -2.34. The van der Waals surface area contributed by atoms with Gasteiger partial charge in [-0.1, -0.05) is 6.92 Å². The third kappa shape index (κ3) is 4.15. The number of nitrogens with one attached hydrogen (secondary N) is 2. The van der Waals surface area contributed by atoms with E-state index in [0.29, 0.717) is 11.7 Å². The summed E-state index contributed by atoms with van der Waals surface area (Å²) in [5.74, 6) is 0.983. The van der Waals surface area contributed by atoms with Crippen LogP contribution in [0.3, 0.4) is 0 Å². The van der Waals surface area contributed by atoms with E-state index in [1.54, 1.807) is 12.1 Å². The highest BCUT2D eigenvalue weighted by Crippen LogP contribution is 2.18. The van der Waals surface area contributed by atoms with Crippen molar-refractivity contribution in [2.45, 2.75) is 31.2 Å². The second kappa shape index (κ2) is 6.72. The maximum atomic E-state index is 12.4. The van der Waals surface area contributed by atoms with E-state index in [0.717, 1.165) is 26.1 Å². The molecule has 1 aromatic heterocycles. The number of pyridine rings is 1. The Morgan fingerprint density at radius 2 is 2.19 bits per heavy atom. The average Bonchev–Trinajstić information content (AvgIpc) is 2.43. The fourth-order valence-electron chi connectivity index (χ4n) is 2.62. The molecular formula is C14H24N4O2S. The van der Waals surface area contributed by atoms with Gasteiger partial charge in [-0.15, -0.1) is 0 Å². The van der Waals surface area contributed by atoms with E-state index >= 15 is 0 Å². The van der Waals surface area contributed by atoms with Gasteiger partial charge in [-0.2, -0.15) is 0 Å². The molecule has 0 amide bonds. The Morgan fingerprint density at radius 3 is 2.76 bits per heavy atom. The first-order valence-corrected chi connectivity index (χ1v) is 8.81. The molecule has 1 aliphatic heterocycles. The molecule has 0 bridgehead atoms. The molecule has 2 unspecified atom stereocenters. The van der Waals surface area contributed by atoms with Gasteiger partial charge >= 0.3 is 0 Å². The van der Waals surface area contributed by atoms with E-state index in [9.17, 15) is 8.42 Å². The second-order valence-electron chi connectivity index (χ2n) is 5.67. The molecule has 1 fully saturated rings. The molecule has 2 heterocycles. The van der Waals surface area contributed by atoms with Crippen molar-refractivity contribution in [3.8, 4) is 0 Å². The van der Waals surface area contributed by atoms with Crippen molar-refractivity contribution in [1.82, 2.24) is 14.6 Å². The van der Waals surface area contributed by atoms with Crippen LogP contribution in [0.2, 0.25) is 0 Å². The number of rotatable bonds is 5. The van der Waals surface area contributed by atoms with Gasteiger partial charge in [-0.3, -0.25) is 0 Å². The Bertz CT molecular complexity index is 559. The standard InChI is InChI=1S/C14H24N4O2S/c1-4-15-14-6-5-12(9-16-14)21(19,20)17-13-7-8-18(3)10-11(13)2/h5-6,9,11,13,17H,4,7-8,10H2,1-3H3,(H,15,16). The van der Waals surface area contributed by atoms with E-state index in [1.807, 2.05) is 6.92 Å². The number of hydrogen-bond acceptors (Lipinski definition) is 5. The molecule has 2 N–H and O–H groups in total. The lowest BCUT2D eigenvalue weighted by atomic mass is 9.95. The lowest BCUT2D eigenvalue weighted by molar-refractivity contribution is 0.188. The number of aromatic nitrogens is 1. The molecule has 7 heteroatoms. The maximum absolute atomic E-state index is 12.4. The molecule has 1 aliphatic rings. The summed E-state index contributed by atoms with van der Waals surface area (Å²) >= 11 is 0. The number of hydrogen-bond donors (Lipinski definition) is 2. The maximum Gasteiger partial charge on any atom is 0.242 e. The second-order valence-corrected chi connectivity index (χ2v) is 7.38. The number of anilines is 1. The zero-order valence-electron chi connectivity index (χ0n) is 12.8. The van der Waals surface area contributed by atoms with E-state index < -0.39 is 10.0 Å². The fourth-order valence-corrected chi connectivity index (χ4v) is 3.94. The number of sulfonamides is 1. The van der Waals surface area contributed by atoms with Crippen molar-refractivity contribution in [3.63, 3.8) is 0 Å². The summed E-state index contributed by atoms with van der Waals surface area (Å²) in [6.07, 6.45) is 2.24. The third-order valence-electron chi connectivity index (χ3n) is 3.82. The summed E-state index contributed by atoms with van der Waals surface area (Å²) in [6, 6.07) is 3.27. The first-order valence-electron chi connectivity index (χ1n) is 7.33. The number of piperidine rings is 1. The van der Waals surface area contributed by atoms with Crippen LogP contribution in [-0.4, -0.2) is 51.0 Å². The molecule has 1 saturated heterocycles. The summed E-state index contributed by atoms with van der Waals surface area (Å²) in [6.45, 7) is 6.62. The summed E-state index contributed by atoms with van der Waals surface area (Å²) in [4.78, 5) is 6.56. The first-order chi connectivity index (χ1) is 9.92. The highest BCUT2D eigenvalue weighted by molar-refractivity contribution is 7.89. The van der Waals surface area contributed by atoms with Crippen LogP contribution in [0, 0.1) is 5.92 Å². The van der Waals surface area contributed by atoms with Gasteiger partial charge in [0.05, 0.1) is 0 Å². The Hall–Kier alpha value is -1.18. The van der Waals surface area contributed by atoms with Crippen LogP contribution in [0.25, 0.3) is 0 Å². The van der Waals surface area contributed by atoms with Gasteiger partial charge in [0.15, 0.2) is 0 Å². The highest BCUT2D eigenvalue weighted by Gasteiger charge is 2.28. The first kappa shape index (κ1) is 16.2. The summed E-state index contributed by atoms with van der Waals surface area (Å²) < 4.78 is 27.6. The fraction of sp³-hybridized carbons (Fsp3) is 0.643. The molecule has 6 nitrogen and oxygen atoms in total. The smallest absolute Gasteiger partial charge is 0.242 e. The van der Waals surface area contributed by atoms with Crippen LogP contribution >= 0.6 is 0 Å². The van der Waals surface area contributed by atoms with Gasteiger partial charge in [0, 0.05) is 25.3 Å². The van der Waals surface area contributed by atoms with Crippen LogP contribution in [0.5, 0.6) is 0 Å². The molecule has 0 radical (unpaired) electrons. The van der Waals surface area contributed by atoms with E-state index in [2.05, 4.69) is 33.9 Å². The summed E-state index contributed by atoms with van der Waals surface area (Å²) in [7, 11) is -1.44. The van der Waals surface area contributed by atoms with Crippen molar-refractivity contribution >= 4 is 15.8 Å². The minimum Gasteiger partial charge on any atom is -0.370 e. The molecule has 21 heavy (non-hydrogen) atoms. The average molecular weight is 312 g/mol. The quantitative estimate of drug-likeness (QED) is 0.852. The van der Waals surface area contributed by atoms with Crippen molar-refractivity contribution < 1.29 is 8.42 Å². The zero-order chi connectivity index (χ0) is 15.5. The van der Waals surface area contributed by atoms with Crippen LogP contribution in [0.15, 0.2) is 23.2 Å². The van der Waals surface area contributed by atoms with Gasteiger partial charge < -0.3 is 10.2 Å². The number of likely N-dealkylation sites (tertiary alicyclic amines) is 1. The van der Waals surface area contributed by atoms with Gasteiger partial charge in [-0.05, 0) is 45.0 Å². The Balaban J connectivity index is 2.07.